The summed E-state index contributed by atoms with van der Waals surface area (Å²) in [7, 11) is 0. The van der Waals surface area contributed by atoms with Crippen LogP contribution in [-0.2, 0) is 22.4 Å². The minimum Gasteiger partial charge on any atom is -0.492 e. The number of amides is 1. The van der Waals surface area contributed by atoms with Crippen LogP contribution in [-0.4, -0.2) is 65.7 Å². The Hall–Kier alpha value is -3.98. The van der Waals surface area contributed by atoms with E-state index in [9.17, 15) is 19.1 Å². The van der Waals surface area contributed by atoms with Crippen LogP contribution in [0, 0.1) is 0 Å². The lowest BCUT2D eigenvalue weighted by atomic mass is 10.1. The third-order valence-corrected chi connectivity index (χ3v) is 7.20. The monoisotopic (exact) mass is 562 g/mol. The Labute approximate surface area is 240 Å². The topological polar surface area (TPSA) is 104 Å². The van der Waals surface area contributed by atoms with Crippen LogP contribution < -0.4 is 15.4 Å². The molecule has 2 atom stereocenters. The molecule has 0 saturated carbocycles. The average Bonchev–Trinajstić information content (AvgIpc) is 3.01. The van der Waals surface area contributed by atoms with Gasteiger partial charge in [-0.3, -0.25) is 9.69 Å². The summed E-state index contributed by atoms with van der Waals surface area (Å²) in [6, 6.07) is 20.6. The molecular weight excluding hydrogens is 523 g/mol. The number of fused-ring (bicyclic) bond motifs is 1. The largest absolute Gasteiger partial charge is 0.492 e. The predicted octanol–water partition coefficient (Wildman–Crippen LogP) is 4.81. The number of ether oxygens (including phenoxy) is 1. The summed E-state index contributed by atoms with van der Waals surface area (Å²) in [5, 5.41) is 15.5. The van der Waals surface area contributed by atoms with Gasteiger partial charge in [-0.1, -0.05) is 54.6 Å². The van der Waals surface area contributed by atoms with E-state index in [4.69, 9.17) is 9.72 Å². The van der Waals surface area contributed by atoms with E-state index in [1.807, 2.05) is 30.3 Å². The zero-order chi connectivity index (χ0) is 28.9. The summed E-state index contributed by atoms with van der Waals surface area (Å²) in [4.78, 5) is 31.3. The van der Waals surface area contributed by atoms with Gasteiger partial charge in [0.05, 0.1) is 0 Å². The lowest BCUT2D eigenvalue weighted by molar-refractivity contribution is -0.143. The van der Waals surface area contributed by atoms with Crippen molar-refractivity contribution in [2.75, 3.05) is 38.1 Å². The molecule has 0 saturated heterocycles. The first-order valence-electron chi connectivity index (χ1n) is 14.3. The number of carbonyl (C=O) groups excluding carboxylic acids is 1. The first kappa shape index (κ1) is 30.0. The molecule has 1 amide bonds. The van der Waals surface area contributed by atoms with Gasteiger partial charge in [0.25, 0.3) is 5.91 Å². The van der Waals surface area contributed by atoms with Gasteiger partial charge in [0.1, 0.15) is 24.2 Å². The van der Waals surface area contributed by atoms with Crippen LogP contribution in [0.25, 0.3) is 0 Å². The number of benzene rings is 2. The summed E-state index contributed by atoms with van der Waals surface area (Å²) >= 11 is 0. The average molecular weight is 563 g/mol. The lowest BCUT2D eigenvalue weighted by Gasteiger charge is -2.25. The summed E-state index contributed by atoms with van der Waals surface area (Å²) in [5.74, 6) is -0.371. The highest BCUT2D eigenvalue weighted by Crippen LogP contribution is 2.21. The number of nitrogens with one attached hydrogen (secondary N) is 2. The third-order valence-electron chi connectivity index (χ3n) is 7.20. The summed E-state index contributed by atoms with van der Waals surface area (Å²) in [5.41, 5.74) is 2.52. The maximum Gasteiger partial charge on any atom is 0.326 e. The van der Waals surface area contributed by atoms with Gasteiger partial charge in [0.15, 0.2) is 0 Å². The Morgan fingerprint density at radius 3 is 2.51 bits per heavy atom. The van der Waals surface area contributed by atoms with E-state index in [0.717, 1.165) is 62.5 Å². The molecular formula is C32H39FN4O4. The van der Waals surface area contributed by atoms with Crippen molar-refractivity contribution in [3.63, 3.8) is 0 Å². The van der Waals surface area contributed by atoms with Crippen LogP contribution >= 0.6 is 0 Å². The highest BCUT2D eigenvalue weighted by atomic mass is 19.1. The normalized spacial score (nSPS) is 14.0. The van der Waals surface area contributed by atoms with Crippen LogP contribution in [0.15, 0.2) is 72.8 Å². The minimum absolute atomic E-state index is 0.145. The van der Waals surface area contributed by atoms with Crippen molar-refractivity contribution in [3.8, 4) is 5.75 Å². The van der Waals surface area contributed by atoms with Crippen molar-refractivity contribution >= 4 is 17.7 Å². The third kappa shape index (κ3) is 9.56. The quantitative estimate of drug-likeness (QED) is 0.215. The molecule has 8 nitrogen and oxygen atoms in total. The molecule has 3 aromatic rings. The first-order chi connectivity index (χ1) is 20.0. The number of pyridine rings is 1. The van der Waals surface area contributed by atoms with E-state index in [2.05, 4.69) is 27.7 Å². The Morgan fingerprint density at radius 2 is 1.76 bits per heavy atom. The standard InChI is InChI=1S/C32H39FN4O4/c33-29(24-10-3-1-4-11-24)31(38)36-28(32(39)40)18-21-37(22-23-41-27-14-5-2-6-15-27)20-8-7-13-26-17-16-25-12-9-19-34-30(25)35-26/h1-6,10-11,14-17,28-29H,7-9,12-13,18-23H2,(H,34,35)(H,36,38)(H,39,40)/t28-,29?/m0/s1. The number of hydrogen-bond acceptors (Lipinski definition) is 6. The van der Waals surface area contributed by atoms with Gasteiger partial charge < -0.3 is 20.5 Å². The predicted molar refractivity (Wildman–Crippen MR) is 157 cm³/mol. The Balaban J connectivity index is 1.29. The molecule has 2 aromatic carbocycles. The number of alkyl halides is 1. The van der Waals surface area contributed by atoms with E-state index in [0.29, 0.717) is 19.7 Å². The molecule has 218 valence electrons. The maximum absolute atomic E-state index is 14.7. The number of para-hydroxylation sites is 1. The number of halogens is 1. The second-order valence-electron chi connectivity index (χ2n) is 10.3. The Bertz CT molecular complexity index is 1240. The number of aliphatic carboxylic acids is 1. The van der Waals surface area contributed by atoms with Crippen molar-refractivity contribution in [2.45, 2.75) is 50.7 Å². The van der Waals surface area contributed by atoms with Crippen LogP contribution in [0.4, 0.5) is 10.2 Å². The Kier molecular flexibility index (Phi) is 11.5. The smallest absolute Gasteiger partial charge is 0.326 e. The van der Waals surface area contributed by atoms with Crippen LogP contribution in [0.5, 0.6) is 5.75 Å². The molecule has 0 radical (unpaired) electrons. The van der Waals surface area contributed by atoms with Crippen LogP contribution in [0.3, 0.4) is 0 Å². The Morgan fingerprint density at radius 1 is 1.00 bits per heavy atom. The van der Waals surface area contributed by atoms with Gasteiger partial charge in [-0.15, -0.1) is 0 Å². The number of nitrogens with zero attached hydrogens (tertiary/aromatic N) is 2. The highest BCUT2D eigenvalue weighted by Gasteiger charge is 2.26. The van der Waals surface area contributed by atoms with Gasteiger partial charge >= 0.3 is 5.97 Å². The molecule has 1 aliphatic heterocycles. The van der Waals surface area contributed by atoms with E-state index >= 15 is 0 Å². The molecule has 0 fully saturated rings. The molecule has 4 rings (SSSR count). The molecule has 0 bridgehead atoms. The van der Waals surface area contributed by atoms with E-state index < -0.39 is 24.1 Å². The molecule has 1 aromatic heterocycles. The molecule has 41 heavy (non-hydrogen) atoms. The number of rotatable bonds is 16. The highest BCUT2D eigenvalue weighted by molar-refractivity contribution is 5.87. The first-order valence-corrected chi connectivity index (χ1v) is 14.3. The van der Waals surface area contributed by atoms with E-state index in [1.54, 1.807) is 18.2 Å². The fourth-order valence-corrected chi connectivity index (χ4v) is 4.88. The zero-order valence-electron chi connectivity index (χ0n) is 23.3. The minimum atomic E-state index is -1.93. The fourth-order valence-electron chi connectivity index (χ4n) is 4.88. The molecule has 9 heteroatoms. The van der Waals surface area contributed by atoms with Gasteiger partial charge in [-0.25, -0.2) is 14.2 Å². The lowest BCUT2D eigenvalue weighted by Crippen LogP contribution is -2.44. The maximum atomic E-state index is 14.7. The summed E-state index contributed by atoms with van der Waals surface area (Å²) in [6.45, 7) is 3.13. The molecule has 1 aliphatic rings. The van der Waals surface area contributed by atoms with Crippen molar-refractivity contribution < 1.29 is 23.8 Å². The van der Waals surface area contributed by atoms with Gasteiger partial charge in [-0.05, 0) is 74.4 Å². The number of unbranched alkanes of at least 4 members (excludes halogenated alkanes) is 1. The van der Waals surface area contributed by atoms with Gasteiger partial charge in [0.2, 0.25) is 6.17 Å². The summed E-state index contributed by atoms with van der Waals surface area (Å²) < 4.78 is 20.5. The van der Waals surface area contributed by atoms with E-state index in [1.165, 1.54) is 17.7 Å². The number of hydrogen-bond donors (Lipinski definition) is 3. The SMILES string of the molecule is O=C(N[C@@H](CCN(CCCCc1ccc2c(n1)NCCC2)CCOc1ccccc1)C(=O)O)C(F)c1ccccc1. The number of aromatic nitrogens is 1. The van der Waals surface area contributed by atoms with Crippen LogP contribution in [0.2, 0.25) is 0 Å². The summed E-state index contributed by atoms with van der Waals surface area (Å²) in [6.07, 6.45) is 3.09. The second kappa shape index (κ2) is 15.7. The number of aryl methyl sites for hydroxylation is 2. The van der Waals surface area contributed by atoms with Crippen molar-refractivity contribution in [1.82, 2.24) is 15.2 Å². The number of carboxylic acid groups (broad SMARTS) is 1. The number of anilines is 1. The van der Waals surface area contributed by atoms with Gasteiger partial charge in [-0.2, -0.15) is 0 Å². The molecule has 0 spiro atoms. The fraction of sp³-hybridized carbons (Fsp3) is 0.406. The molecule has 3 N–H and O–H groups in total. The molecule has 2 heterocycles. The molecule has 0 aliphatic carbocycles. The molecule has 1 unspecified atom stereocenters. The van der Waals surface area contributed by atoms with Gasteiger partial charge in [0, 0.05) is 25.3 Å². The van der Waals surface area contributed by atoms with Crippen molar-refractivity contribution in [2.24, 2.45) is 0 Å². The van der Waals surface area contributed by atoms with Crippen molar-refractivity contribution in [3.05, 3.63) is 89.6 Å². The van der Waals surface area contributed by atoms with Crippen molar-refractivity contribution in [1.29, 1.82) is 0 Å². The number of carboxylic acids is 1. The number of carbonyl (C=O) groups is 2. The van der Waals surface area contributed by atoms with E-state index in [-0.39, 0.29) is 12.0 Å². The zero-order valence-corrected chi connectivity index (χ0v) is 23.3. The van der Waals surface area contributed by atoms with Crippen LogP contribution in [0.1, 0.15) is 48.7 Å². The second-order valence-corrected chi connectivity index (χ2v) is 10.3.